The van der Waals surface area contributed by atoms with Crippen molar-refractivity contribution >= 4 is 17.6 Å². The maximum absolute atomic E-state index is 12.6. The first-order valence-corrected chi connectivity index (χ1v) is 6.94. The molecule has 0 heterocycles. The number of methoxy groups -OCH3 is 1. The van der Waals surface area contributed by atoms with Gasteiger partial charge in [-0.3, -0.25) is 9.69 Å². The molecule has 2 rings (SSSR count). The zero-order valence-corrected chi connectivity index (χ0v) is 12.5. The van der Waals surface area contributed by atoms with Crippen LogP contribution in [-0.4, -0.2) is 25.0 Å². The molecule has 1 amide bonds. The minimum Gasteiger partial charge on any atom is -0.467 e. The molecule has 0 aromatic heterocycles. The molecule has 1 aromatic rings. The molecule has 1 aliphatic carbocycles. The van der Waals surface area contributed by atoms with E-state index in [0.717, 1.165) is 29.7 Å². The molecule has 20 heavy (non-hydrogen) atoms. The number of hydrogen-bond acceptors (Lipinski definition) is 3. The molecule has 108 valence electrons. The molecule has 1 unspecified atom stereocenters. The minimum absolute atomic E-state index is 0.0281. The molecule has 1 saturated carbocycles. The average Bonchev–Trinajstić information content (AvgIpc) is 3.25. The Morgan fingerprint density at radius 1 is 1.25 bits per heavy atom. The first-order valence-electron chi connectivity index (χ1n) is 6.94. The van der Waals surface area contributed by atoms with Crippen molar-refractivity contribution in [2.24, 2.45) is 5.92 Å². The number of nitrogens with zero attached hydrogens (tertiary/aromatic N) is 1. The number of ether oxygens (including phenoxy) is 1. The second kappa shape index (κ2) is 5.65. The highest BCUT2D eigenvalue weighted by molar-refractivity contribution is 6.02. The summed E-state index contributed by atoms with van der Waals surface area (Å²) in [5.41, 5.74) is 2.83. The zero-order chi connectivity index (χ0) is 14.9. The third kappa shape index (κ3) is 2.69. The van der Waals surface area contributed by atoms with Gasteiger partial charge in [-0.15, -0.1) is 0 Å². The molecule has 0 bridgehead atoms. The summed E-state index contributed by atoms with van der Waals surface area (Å²) in [6.45, 7) is 5.64. The fourth-order valence-electron chi connectivity index (χ4n) is 2.48. The lowest BCUT2D eigenvalue weighted by atomic mass is 10.1. The van der Waals surface area contributed by atoms with Gasteiger partial charge >= 0.3 is 5.97 Å². The molecule has 4 nitrogen and oxygen atoms in total. The van der Waals surface area contributed by atoms with Gasteiger partial charge in [0.05, 0.1) is 12.8 Å². The predicted octanol–water partition coefficient (Wildman–Crippen LogP) is 2.61. The fraction of sp³-hybridized carbons (Fsp3) is 0.500. The third-order valence-electron chi connectivity index (χ3n) is 3.77. The Labute approximate surface area is 119 Å². The second-order valence-corrected chi connectivity index (χ2v) is 5.42. The molecule has 0 aliphatic heterocycles. The van der Waals surface area contributed by atoms with Crippen LogP contribution in [0.3, 0.4) is 0 Å². The number of rotatable bonds is 4. The monoisotopic (exact) mass is 275 g/mol. The van der Waals surface area contributed by atoms with Crippen LogP contribution in [0.5, 0.6) is 0 Å². The Balaban J connectivity index is 2.45. The van der Waals surface area contributed by atoms with E-state index >= 15 is 0 Å². The standard InChI is InChI=1S/C16H21NO3/c1-10-6-5-7-11(2)14(10)17(12(3)16(19)20-4)15(18)13-8-9-13/h5-7,12-13H,8-9H2,1-4H3. The van der Waals surface area contributed by atoms with Gasteiger partial charge in [0.15, 0.2) is 0 Å². The van der Waals surface area contributed by atoms with E-state index in [-0.39, 0.29) is 17.8 Å². The van der Waals surface area contributed by atoms with E-state index < -0.39 is 6.04 Å². The van der Waals surface area contributed by atoms with Crippen molar-refractivity contribution in [3.63, 3.8) is 0 Å². The normalized spacial score (nSPS) is 15.6. The van der Waals surface area contributed by atoms with Crippen LogP contribution in [0.1, 0.15) is 30.9 Å². The van der Waals surface area contributed by atoms with Gasteiger partial charge in [0.2, 0.25) is 5.91 Å². The lowest BCUT2D eigenvalue weighted by Crippen LogP contribution is -2.45. The fourth-order valence-corrected chi connectivity index (χ4v) is 2.48. The number of benzene rings is 1. The summed E-state index contributed by atoms with van der Waals surface area (Å²) < 4.78 is 4.81. The highest BCUT2D eigenvalue weighted by Gasteiger charge is 2.39. The van der Waals surface area contributed by atoms with E-state index in [4.69, 9.17) is 4.74 Å². The van der Waals surface area contributed by atoms with E-state index in [1.54, 1.807) is 11.8 Å². The summed E-state index contributed by atoms with van der Waals surface area (Å²) in [5, 5.41) is 0. The molecular formula is C16H21NO3. The quantitative estimate of drug-likeness (QED) is 0.794. The maximum Gasteiger partial charge on any atom is 0.328 e. The maximum atomic E-state index is 12.6. The van der Waals surface area contributed by atoms with Gasteiger partial charge in [-0.05, 0) is 44.7 Å². The van der Waals surface area contributed by atoms with Crippen molar-refractivity contribution in [1.82, 2.24) is 0 Å². The summed E-state index contributed by atoms with van der Waals surface area (Å²) in [4.78, 5) is 26.1. The molecule has 0 saturated heterocycles. The number of para-hydroxylation sites is 1. The van der Waals surface area contributed by atoms with Crippen LogP contribution in [0.25, 0.3) is 0 Å². The highest BCUT2D eigenvalue weighted by Crippen LogP contribution is 2.36. The van der Waals surface area contributed by atoms with E-state index in [1.807, 2.05) is 32.0 Å². The summed E-state index contributed by atoms with van der Waals surface area (Å²) in [7, 11) is 1.35. The van der Waals surface area contributed by atoms with Crippen molar-refractivity contribution in [2.45, 2.75) is 39.7 Å². The number of esters is 1. The molecule has 4 heteroatoms. The Morgan fingerprint density at radius 2 is 1.80 bits per heavy atom. The summed E-state index contributed by atoms with van der Waals surface area (Å²) in [6, 6.07) is 5.27. The third-order valence-corrected chi connectivity index (χ3v) is 3.77. The van der Waals surface area contributed by atoms with E-state index in [2.05, 4.69) is 0 Å². The van der Waals surface area contributed by atoms with Crippen LogP contribution in [0, 0.1) is 19.8 Å². The minimum atomic E-state index is -0.604. The average molecular weight is 275 g/mol. The van der Waals surface area contributed by atoms with Gasteiger partial charge in [0.25, 0.3) is 0 Å². The van der Waals surface area contributed by atoms with Gasteiger partial charge in [-0.1, -0.05) is 18.2 Å². The van der Waals surface area contributed by atoms with Crippen LogP contribution in [0.4, 0.5) is 5.69 Å². The number of carbonyl (C=O) groups excluding carboxylic acids is 2. The number of anilines is 1. The Hall–Kier alpha value is -1.84. The van der Waals surface area contributed by atoms with Crippen molar-refractivity contribution in [3.8, 4) is 0 Å². The number of hydrogen-bond donors (Lipinski definition) is 0. The molecule has 1 aromatic carbocycles. The molecule has 0 N–H and O–H groups in total. The molecular weight excluding hydrogens is 254 g/mol. The van der Waals surface area contributed by atoms with Gasteiger partial charge in [0.1, 0.15) is 6.04 Å². The smallest absolute Gasteiger partial charge is 0.328 e. The van der Waals surface area contributed by atoms with Crippen LogP contribution >= 0.6 is 0 Å². The Kier molecular flexibility index (Phi) is 4.12. The van der Waals surface area contributed by atoms with E-state index in [0.29, 0.717) is 0 Å². The van der Waals surface area contributed by atoms with Gasteiger partial charge < -0.3 is 4.74 Å². The van der Waals surface area contributed by atoms with Crippen LogP contribution < -0.4 is 4.90 Å². The van der Waals surface area contributed by atoms with E-state index in [9.17, 15) is 9.59 Å². The molecule has 0 spiro atoms. The Bertz CT molecular complexity index is 514. The molecule has 1 aliphatic rings. The SMILES string of the molecule is COC(=O)C(C)N(C(=O)C1CC1)c1c(C)cccc1C. The van der Waals surface area contributed by atoms with Crippen LogP contribution in [0.2, 0.25) is 0 Å². The first-order chi connectivity index (χ1) is 9.47. The number of amides is 1. The number of aryl methyl sites for hydroxylation is 2. The molecule has 1 atom stereocenters. The van der Waals surface area contributed by atoms with E-state index in [1.165, 1.54) is 7.11 Å². The summed E-state index contributed by atoms with van der Waals surface area (Å²) in [6.07, 6.45) is 1.82. The van der Waals surface area contributed by atoms with Crippen molar-refractivity contribution in [3.05, 3.63) is 29.3 Å². The van der Waals surface area contributed by atoms with Crippen molar-refractivity contribution in [1.29, 1.82) is 0 Å². The van der Waals surface area contributed by atoms with Gasteiger partial charge in [-0.2, -0.15) is 0 Å². The molecule has 0 radical (unpaired) electrons. The van der Waals surface area contributed by atoms with Gasteiger partial charge in [0, 0.05) is 5.92 Å². The van der Waals surface area contributed by atoms with Crippen LogP contribution in [-0.2, 0) is 14.3 Å². The van der Waals surface area contributed by atoms with Crippen molar-refractivity contribution in [2.75, 3.05) is 12.0 Å². The largest absolute Gasteiger partial charge is 0.467 e. The topological polar surface area (TPSA) is 46.6 Å². The number of carbonyl (C=O) groups is 2. The lowest BCUT2D eigenvalue weighted by molar-refractivity contribution is -0.143. The predicted molar refractivity (Wildman–Crippen MR) is 77.6 cm³/mol. The molecule has 1 fully saturated rings. The van der Waals surface area contributed by atoms with Crippen LogP contribution in [0.15, 0.2) is 18.2 Å². The summed E-state index contributed by atoms with van der Waals surface area (Å²) in [5.74, 6) is -0.303. The summed E-state index contributed by atoms with van der Waals surface area (Å²) >= 11 is 0. The van der Waals surface area contributed by atoms with Crippen molar-refractivity contribution < 1.29 is 14.3 Å². The highest BCUT2D eigenvalue weighted by atomic mass is 16.5. The Morgan fingerprint density at radius 3 is 2.25 bits per heavy atom. The lowest BCUT2D eigenvalue weighted by Gasteiger charge is -2.30. The second-order valence-electron chi connectivity index (χ2n) is 5.42. The first kappa shape index (κ1) is 14.6. The zero-order valence-electron chi connectivity index (χ0n) is 12.5. The van der Waals surface area contributed by atoms with Gasteiger partial charge in [-0.25, -0.2) is 4.79 Å².